The molecule has 1 saturated carbocycles. The summed E-state index contributed by atoms with van der Waals surface area (Å²) in [5, 5.41) is 9.19. The van der Waals surface area contributed by atoms with Crippen LogP contribution in [0.4, 0.5) is 3.89 Å². The summed E-state index contributed by atoms with van der Waals surface area (Å²) in [6.07, 6.45) is 15.6. The van der Waals surface area contributed by atoms with Crippen molar-refractivity contribution < 1.29 is 23.3 Å². The fraction of sp³-hybridized carbons (Fsp3) is 0.409. The molecule has 0 aromatic rings. The zero-order valence-electron chi connectivity index (χ0n) is 15.9. The Kier molecular flexibility index (Phi) is 3.34. The monoisotopic (exact) mass is 404 g/mol. The summed E-state index contributed by atoms with van der Waals surface area (Å²) in [5.41, 5.74) is 0. The molecule has 0 radical (unpaired) electrons. The van der Waals surface area contributed by atoms with Gasteiger partial charge in [0.25, 0.3) is 0 Å². The summed E-state index contributed by atoms with van der Waals surface area (Å²) in [4.78, 5) is 13.6. The van der Waals surface area contributed by atoms with Crippen LogP contribution in [0.1, 0.15) is 38.5 Å². The number of methoxy groups -OCH3 is 1. The Labute approximate surface area is 163 Å². The molecule has 1 N–H and O–H groups in total. The molecule has 5 aliphatic rings. The summed E-state index contributed by atoms with van der Waals surface area (Å²) in [5.74, 6) is 0.261. The zero-order valence-corrected chi connectivity index (χ0v) is 16.8. The molecule has 4 aliphatic heterocycles. The summed E-state index contributed by atoms with van der Waals surface area (Å²) < 4.78 is 30.6. The van der Waals surface area contributed by atoms with E-state index in [0.717, 1.165) is 25.7 Å². The van der Waals surface area contributed by atoms with Crippen LogP contribution >= 0.6 is 8.68 Å². The van der Waals surface area contributed by atoms with E-state index >= 15 is 3.89 Å². The van der Waals surface area contributed by atoms with Gasteiger partial charge in [-0.25, -0.2) is 0 Å². The number of aliphatic carboxylic acids is 1. The van der Waals surface area contributed by atoms with Crippen molar-refractivity contribution in [2.75, 3.05) is 12.9 Å². The number of carbonyl (C=O) groups is 1. The van der Waals surface area contributed by atoms with E-state index in [2.05, 4.69) is 0 Å². The third-order valence-electron chi connectivity index (χ3n) is 7.03. The standard InChI is InChI=1S/C22H25FO4S/c1-26-21-18-12-13-19(22(21)27-15-5-2-3-6-15)28(18,23,14-4-7-20(24)25)16-8-9-17(28)11-10-16/h8-13,15H,2-7,14H2,1H3,(H,24,25). The fourth-order valence-electron chi connectivity index (χ4n) is 5.76. The van der Waals surface area contributed by atoms with E-state index in [1.54, 1.807) is 7.11 Å². The Bertz CT molecular complexity index is 982. The molecule has 6 heteroatoms. The maximum absolute atomic E-state index is 18.5. The molecule has 28 heavy (non-hydrogen) atoms. The lowest BCUT2D eigenvalue weighted by Gasteiger charge is -2.68. The van der Waals surface area contributed by atoms with Gasteiger partial charge in [-0.1, -0.05) is 8.68 Å². The number of hydrogen-bond donors (Lipinski definition) is 1. The highest BCUT2D eigenvalue weighted by molar-refractivity contribution is 8.72. The molecule has 4 heterocycles. The molecule has 0 unspecified atom stereocenters. The first-order chi connectivity index (χ1) is 13.4. The first kappa shape index (κ1) is 17.9. The van der Waals surface area contributed by atoms with Crippen LogP contribution in [0.15, 0.2) is 67.6 Å². The highest BCUT2D eigenvalue weighted by Gasteiger charge is 2.78. The fourth-order valence-corrected chi connectivity index (χ4v) is 12.8. The maximum Gasteiger partial charge on any atom is 0.303 e. The van der Waals surface area contributed by atoms with E-state index in [-0.39, 0.29) is 24.7 Å². The molecular formula is C22H25FO4S. The molecule has 5 rings (SSSR count). The van der Waals surface area contributed by atoms with Gasteiger partial charge >= 0.3 is 5.97 Å². The minimum atomic E-state index is -4.73. The quantitative estimate of drug-likeness (QED) is 0.602. The van der Waals surface area contributed by atoms with Gasteiger partial charge in [0, 0.05) is 22.0 Å². The topological polar surface area (TPSA) is 55.8 Å². The lowest BCUT2D eigenvalue weighted by Crippen LogP contribution is -2.33. The predicted octanol–water partition coefficient (Wildman–Crippen LogP) is 5.58. The van der Waals surface area contributed by atoms with Gasteiger partial charge in [-0.15, -0.1) is 0 Å². The number of allylic oxidation sites excluding steroid dienone is 6. The Morgan fingerprint density at radius 1 is 1.11 bits per heavy atom. The first-order valence-electron chi connectivity index (χ1n) is 9.89. The van der Waals surface area contributed by atoms with Crippen molar-refractivity contribution in [3.8, 4) is 0 Å². The summed E-state index contributed by atoms with van der Waals surface area (Å²) in [6.45, 7) is 0. The second kappa shape index (κ2) is 5.23. The molecule has 4 bridgehead atoms. The SMILES string of the molecule is COC1=C2C=CC(=C1OC1CCCC1)S21(F)(CCCC(=O)O)C2=CC=C1C=C2. The van der Waals surface area contributed by atoms with Crippen molar-refractivity contribution >= 4 is 14.6 Å². The number of ether oxygens (including phenoxy) is 2. The lowest BCUT2D eigenvalue weighted by atomic mass is 10.2. The predicted molar refractivity (Wildman–Crippen MR) is 109 cm³/mol. The Hall–Kier alpha value is -2.21. The second-order valence-electron chi connectivity index (χ2n) is 8.23. The van der Waals surface area contributed by atoms with Crippen LogP contribution in [0.2, 0.25) is 0 Å². The third kappa shape index (κ3) is 1.64. The van der Waals surface area contributed by atoms with Crippen LogP contribution in [-0.2, 0) is 14.3 Å². The maximum atomic E-state index is 18.5. The van der Waals surface area contributed by atoms with Gasteiger partial charge in [0.05, 0.1) is 23.0 Å². The van der Waals surface area contributed by atoms with E-state index in [1.807, 2.05) is 36.5 Å². The number of carboxylic acids is 1. The lowest BCUT2D eigenvalue weighted by molar-refractivity contribution is -0.137. The number of carboxylic acid groups (broad SMARTS) is 1. The van der Waals surface area contributed by atoms with E-state index in [9.17, 15) is 9.90 Å². The molecule has 0 aromatic carbocycles. The molecule has 0 atom stereocenters. The van der Waals surface area contributed by atoms with Crippen molar-refractivity contribution in [3.63, 3.8) is 0 Å². The van der Waals surface area contributed by atoms with Crippen LogP contribution in [0.3, 0.4) is 0 Å². The number of hydrogen-bond acceptors (Lipinski definition) is 3. The molecule has 150 valence electrons. The van der Waals surface area contributed by atoms with Crippen LogP contribution in [-0.4, -0.2) is 30.0 Å². The van der Waals surface area contributed by atoms with Crippen LogP contribution in [0.5, 0.6) is 0 Å². The number of halogens is 1. The van der Waals surface area contributed by atoms with Gasteiger partial charge in [0.2, 0.25) is 0 Å². The highest BCUT2D eigenvalue weighted by Crippen LogP contribution is 3.14. The Balaban J connectivity index is 1.72. The average molecular weight is 405 g/mol. The molecule has 0 amide bonds. The minimum absolute atomic E-state index is 0.0633. The van der Waals surface area contributed by atoms with E-state index < -0.39 is 14.6 Å². The van der Waals surface area contributed by atoms with Gasteiger partial charge in [-0.05, 0) is 68.6 Å². The zero-order chi connectivity index (χ0) is 19.6. The largest absolute Gasteiger partial charge is 0.492 e. The van der Waals surface area contributed by atoms with Crippen molar-refractivity contribution in [2.24, 2.45) is 0 Å². The third-order valence-corrected chi connectivity index (χ3v) is 14.2. The van der Waals surface area contributed by atoms with Gasteiger partial charge in [-0.3, -0.25) is 4.79 Å². The summed E-state index contributed by atoms with van der Waals surface area (Å²) >= 11 is 0. The first-order valence-corrected chi connectivity index (χ1v) is 12.4. The summed E-state index contributed by atoms with van der Waals surface area (Å²) in [6, 6.07) is 0. The average Bonchev–Trinajstić information content (AvgIpc) is 3.43. The van der Waals surface area contributed by atoms with Crippen molar-refractivity contribution in [1.82, 2.24) is 0 Å². The normalized spacial score (nSPS) is 29.6. The molecule has 0 saturated heterocycles. The molecule has 0 aromatic heterocycles. The van der Waals surface area contributed by atoms with E-state index in [4.69, 9.17) is 9.47 Å². The van der Waals surface area contributed by atoms with Crippen LogP contribution in [0.25, 0.3) is 0 Å². The van der Waals surface area contributed by atoms with Crippen LogP contribution < -0.4 is 0 Å². The van der Waals surface area contributed by atoms with E-state index in [1.165, 1.54) is 0 Å². The highest BCUT2D eigenvalue weighted by atomic mass is 32.4. The van der Waals surface area contributed by atoms with Crippen molar-refractivity contribution in [2.45, 2.75) is 44.6 Å². The Morgan fingerprint density at radius 3 is 2.25 bits per heavy atom. The Morgan fingerprint density at radius 2 is 1.71 bits per heavy atom. The smallest absolute Gasteiger partial charge is 0.303 e. The molecule has 4 nitrogen and oxygen atoms in total. The summed E-state index contributed by atoms with van der Waals surface area (Å²) in [7, 11) is -3.16. The molecule has 1 fully saturated rings. The van der Waals surface area contributed by atoms with Crippen molar-refractivity contribution in [1.29, 1.82) is 0 Å². The van der Waals surface area contributed by atoms with Gasteiger partial charge in [0.15, 0.2) is 11.5 Å². The van der Waals surface area contributed by atoms with E-state index in [0.29, 0.717) is 31.1 Å². The van der Waals surface area contributed by atoms with Gasteiger partial charge in [-0.2, -0.15) is 3.89 Å². The molecular weight excluding hydrogens is 379 g/mol. The van der Waals surface area contributed by atoms with Crippen LogP contribution in [0, 0.1) is 0 Å². The minimum Gasteiger partial charge on any atom is -0.492 e. The van der Waals surface area contributed by atoms with Gasteiger partial charge in [0.1, 0.15) is 0 Å². The molecule has 1 aliphatic carbocycles. The van der Waals surface area contributed by atoms with Crippen molar-refractivity contribution in [3.05, 3.63) is 67.6 Å². The van der Waals surface area contributed by atoms with Gasteiger partial charge < -0.3 is 14.6 Å². The second-order valence-corrected chi connectivity index (χ2v) is 13.7. The number of rotatable bonds is 7. The molecule has 1 spiro atoms.